The molecule has 4 aliphatic rings. The average molecular weight is 473 g/mol. The van der Waals surface area contributed by atoms with Crippen molar-refractivity contribution in [2.75, 3.05) is 0 Å². The summed E-state index contributed by atoms with van der Waals surface area (Å²) in [4.78, 5) is 4.60. The zero-order chi connectivity index (χ0) is 23.6. The quantitative estimate of drug-likeness (QED) is 0.373. The van der Waals surface area contributed by atoms with E-state index in [0.717, 1.165) is 54.3 Å². The van der Waals surface area contributed by atoms with Gasteiger partial charge in [-0.1, -0.05) is 24.3 Å². The minimum Gasteiger partial charge on any atom is -0.436 e. The van der Waals surface area contributed by atoms with Crippen LogP contribution in [0, 0.1) is 29.1 Å². The third-order valence-corrected chi connectivity index (χ3v) is 8.99. The molecule has 3 aromatic rings. The fourth-order valence-corrected chi connectivity index (χ4v) is 8.32. The highest BCUT2D eigenvalue weighted by atomic mass is 28.4. The molecule has 0 aliphatic heterocycles. The van der Waals surface area contributed by atoms with Gasteiger partial charge in [0, 0.05) is 17.4 Å². The van der Waals surface area contributed by atoms with Gasteiger partial charge in [0.05, 0.1) is 18.3 Å². The first kappa shape index (κ1) is 22.0. The number of ether oxygens (including phenoxy) is 1. The van der Waals surface area contributed by atoms with E-state index in [1.165, 1.54) is 0 Å². The number of aromatic nitrogens is 1. The Bertz CT molecular complexity index is 1200. The van der Waals surface area contributed by atoms with Gasteiger partial charge in [0.1, 0.15) is 11.1 Å². The number of benzene rings is 2. The first-order valence-corrected chi connectivity index (χ1v) is 15.9. The van der Waals surface area contributed by atoms with E-state index in [0.29, 0.717) is 18.4 Å². The van der Waals surface area contributed by atoms with Crippen LogP contribution in [0.3, 0.4) is 0 Å². The lowest BCUT2D eigenvalue weighted by Crippen LogP contribution is -2.66. The molecule has 2 aromatic carbocycles. The molecule has 0 N–H and O–H groups in total. The topological polar surface area (TPSA) is 68.3 Å². The van der Waals surface area contributed by atoms with Crippen LogP contribution in [0.2, 0.25) is 19.6 Å². The zero-order valence-corrected chi connectivity index (χ0v) is 21.2. The SMILES string of the molecule is C[Si](C)(C)OC1(C#N)C2CC3CC1CC(OCc1ccc(-c4nc5ccccc5o4)cc1)(C3)C2. The molecule has 2 unspecified atom stereocenters. The number of rotatable bonds is 6. The summed E-state index contributed by atoms with van der Waals surface area (Å²) in [6.07, 6.45) is 5.23. The van der Waals surface area contributed by atoms with E-state index in [1.807, 2.05) is 24.3 Å². The predicted molar refractivity (Wildman–Crippen MR) is 133 cm³/mol. The normalized spacial score (nSPS) is 32.2. The summed E-state index contributed by atoms with van der Waals surface area (Å²) in [5, 5.41) is 10.3. The fraction of sp³-hybridized carbons (Fsp3) is 0.500. The molecule has 0 amide bonds. The maximum absolute atomic E-state index is 10.3. The van der Waals surface area contributed by atoms with Crippen molar-refractivity contribution in [2.45, 2.75) is 69.6 Å². The second-order valence-corrected chi connectivity index (χ2v) is 16.0. The molecule has 1 aromatic heterocycles. The second-order valence-electron chi connectivity index (χ2n) is 11.6. The number of nitrogens with zero attached hydrogens (tertiary/aromatic N) is 2. The molecular weight excluding hydrogens is 440 g/mol. The van der Waals surface area contributed by atoms with Crippen molar-refractivity contribution in [3.05, 3.63) is 54.1 Å². The van der Waals surface area contributed by atoms with E-state index in [1.54, 1.807) is 0 Å². The van der Waals surface area contributed by atoms with Crippen LogP contribution in [-0.4, -0.2) is 24.5 Å². The Hall–Kier alpha value is -2.46. The van der Waals surface area contributed by atoms with Gasteiger partial charge in [-0.25, -0.2) is 4.98 Å². The van der Waals surface area contributed by atoms with E-state index < -0.39 is 13.9 Å². The number of hydrogen-bond acceptors (Lipinski definition) is 5. The zero-order valence-electron chi connectivity index (χ0n) is 20.2. The molecule has 4 fully saturated rings. The predicted octanol–water partition coefficient (Wildman–Crippen LogP) is 6.70. The van der Waals surface area contributed by atoms with Gasteiger partial charge < -0.3 is 13.6 Å². The van der Waals surface area contributed by atoms with Gasteiger partial charge in [-0.3, -0.25) is 0 Å². The van der Waals surface area contributed by atoms with Crippen LogP contribution in [0.15, 0.2) is 52.9 Å². The van der Waals surface area contributed by atoms with Gasteiger partial charge in [-0.2, -0.15) is 5.26 Å². The standard InChI is InChI=1S/C28H32N2O3Si/c1-34(2,3)33-28(18-29)22-12-20-13-23(28)16-27(14-20,15-22)31-17-19-8-10-21(11-9-19)26-30-24-6-4-5-7-25(24)32-26/h4-11,20,22-23H,12-17H2,1-3H3. The molecular formula is C28H32N2O3Si. The number of fused-ring (bicyclic) bond motifs is 1. The monoisotopic (exact) mass is 472 g/mol. The molecule has 5 nitrogen and oxygen atoms in total. The molecule has 4 bridgehead atoms. The van der Waals surface area contributed by atoms with Crippen molar-refractivity contribution < 1.29 is 13.6 Å². The summed E-state index contributed by atoms with van der Waals surface area (Å²) in [5.74, 6) is 1.88. The van der Waals surface area contributed by atoms with E-state index in [9.17, 15) is 5.26 Å². The Morgan fingerprint density at radius 3 is 2.38 bits per heavy atom. The van der Waals surface area contributed by atoms with E-state index >= 15 is 0 Å². The Labute approximate surface area is 202 Å². The molecule has 0 spiro atoms. The summed E-state index contributed by atoms with van der Waals surface area (Å²) in [6.45, 7) is 7.20. The van der Waals surface area contributed by atoms with Crippen LogP contribution in [0.5, 0.6) is 0 Å². The summed E-state index contributed by atoms with van der Waals surface area (Å²) >= 11 is 0. The van der Waals surface area contributed by atoms with Crippen molar-refractivity contribution >= 4 is 19.4 Å². The summed E-state index contributed by atoms with van der Waals surface area (Å²) in [6, 6.07) is 18.9. The van der Waals surface area contributed by atoms with E-state index in [-0.39, 0.29) is 17.4 Å². The number of oxazole rings is 1. The third kappa shape index (κ3) is 3.71. The largest absolute Gasteiger partial charge is 0.436 e. The third-order valence-electron chi connectivity index (χ3n) is 8.04. The Balaban J connectivity index is 1.17. The van der Waals surface area contributed by atoms with Gasteiger partial charge in [-0.15, -0.1) is 0 Å². The molecule has 7 rings (SSSR count). The van der Waals surface area contributed by atoms with Crippen LogP contribution in [0.4, 0.5) is 0 Å². The first-order valence-electron chi connectivity index (χ1n) is 12.5. The van der Waals surface area contributed by atoms with Crippen molar-refractivity contribution in [1.82, 2.24) is 4.98 Å². The average Bonchev–Trinajstić information content (AvgIpc) is 3.24. The number of hydrogen-bond donors (Lipinski definition) is 0. The Kier molecular flexibility index (Phi) is 5.04. The van der Waals surface area contributed by atoms with Gasteiger partial charge in [0.25, 0.3) is 0 Å². The Morgan fingerprint density at radius 2 is 1.74 bits per heavy atom. The summed E-state index contributed by atoms with van der Waals surface area (Å²) < 4.78 is 19.2. The van der Waals surface area contributed by atoms with Crippen LogP contribution in [0.25, 0.3) is 22.6 Å². The van der Waals surface area contributed by atoms with Crippen LogP contribution in [-0.2, 0) is 15.8 Å². The van der Waals surface area contributed by atoms with Crippen molar-refractivity contribution in [3.8, 4) is 17.5 Å². The molecule has 4 saturated carbocycles. The maximum Gasteiger partial charge on any atom is 0.227 e. The van der Waals surface area contributed by atoms with E-state index in [2.05, 4.69) is 55.0 Å². The lowest BCUT2D eigenvalue weighted by atomic mass is 9.48. The molecule has 2 atom stereocenters. The molecule has 6 heteroatoms. The number of nitriles is 1. The highest BCUT2D eigenvalue weighted by Gasteiger charge is 2.64. The van der Waals surface area contributed by atoms with Gasteiger partial charge in [-0.05, 0) is 87.5 Å². The molecule has 4 aliphatic carbocycles. The smallest absolute Gasteiger partial charge is 0.227 e. The van der Waals surface area contributed by atoms with Gasteiger partial charge in [0.15, 0.2) is 13.9 Å². The van der Waals surface area contributed by atoms with Gasteiger partial charge >= 0.3 is 0 Å². The maximum atomic E-state index is 10.3. The van der Waals surface area contributed by atoms with Crippen molar-refractivity contribution in [2.24, 2.45) is 17.8 Å². The Morgan fingerprint density at radius 1 is 1.03 bits per heavy atom. The highest BCUT2D eigenvalue weighted by Crippen LogP contribution is 2.62. The number of para-hydroxylation sites is 2. The van der Waals surface area contributed by atoms with Crippen LogP contribution >= 0.6 is 0 Å². The minimum absolute atomic E-state index is 0.112. The molecule has 0 saturated heterocycles. The lowest BCUT2D eigenvalue weighted by molar-refractivity contribution is -0.221. The fourth-order valence-electron chi connectivity index (χ4n) is 6.93. The summed E-state index contributed by atoms with van der Waals surface area (Å²) in [7, 11) is -1.83. The highest BCUT2D eigenvalue weighted by molar-refractivity contribution is 6.69. The van der Waals surface area contributed by atoms with Gasteiger partial charge in [0.2, 0.25) is 5.89 Å². The molecule has 176 valence electrons. The molecule has 34 heavy (non-hydrogen) atoms. The van der Waals surface area contributed by atoms with E-state index in [4.69, 9.17) is 13.6 Å². The second kappa shape index (κ2) is 7.77. The lowest BCUT2D eigenvalue weighted by Gasteiger charge is -2.63. The minimum atomic E-state index is -1.83. The van der Waals surface area contributed by atoms with Crippen LogP contribution < -0.4 is 0 Å². The summed E-state index contributed by atoms with van der Waals surface area (Å²) in [5.41, 5.74) is 3.09. The molecule has 1 heterocycles. The van der Waals surface area contributed by atoms with Crippen molar-refractivity contribution in [1.29, 1.82) is 5.26 Å². The molecule has 0 radical (unpaired) electrons. The van der Waals surface area contributed by atoms with Crippen molar-refractivity contribution in [3.63, 3.8) is 0 Å². The van der Waals surface area contributed by atoms with Crippen LogP contribution in [0.1, 0.15) is 37.7 Å². The first-order chi connectivity index (χ1) is 16.3.